The molecule has 0 saturated heterocycles. The Bertz CT molecular complexity index is 906. The number of rotatable bonds is 5. The fraction of sp³-hybridized carbons (Fsp3) is 0.0667. The zero-order valence-corrected chi connectivity index (χ0v) is 12.9. The molecule has 134 valence electrons. The van der Waals surface area contributed by atoms with E-state index >= 15 is 0 Å². The Morgan fingerprint density at radius 3 is 2.38 bits per heavy atom. The maximum Gasteiger partial charge on any atom is 0.573 e. The molecule has 0 spiro atoms. The zero-order chi connectivity index (χ0) is 18.7. The monoisotopic (exact) mass is 364 g/mol. The number of halogens is 3. The Kier molecular flexibility index (Phi) is 4.43. The van der Waals surface area contributed by atoms with Crippen molar-refractivity contribution in [3.05, 3.63) is 48.5 Å². The van der Waals surface area contributed by atoms with Crippen molar-refractivity contribution in [1.29, 1.82) is 5.41 Å². The Labute approximate surface area is 144 Å². The van der Waals surface area contributed by atoms with Gasteiger partial charge in [0, 0.05) is 5.56 Å². The van der Waals surface area contributed by atoms with Crippen LogP contribution in [0, 0.1) is 5.41 Å². The highest BCUT2D eigenvalue weighted by atomic mass is 19.4. The molecule has 0 aliphatic carbocycles. The van der Waals surface area contributed by atoms with Crippen LogP contribution < -0.4 is 15.8 Å². The number of oxazole rings is 1. The van der Waals surface area contributed by atoms with Crippen LogP contribution >= 0.6 is 0 Å². The highest BCUT2D eigenvalue weighted by Crippen LogP contribution is 2.28. The van der Waals surface area contributed by atoms with Gasteiger partial charge in [-0.05, 0) is 24.3 Å². The number of nitrogen functional groups attached to an aromatic ring is 1. The summed E-state index contributed by atoms with van der Waals surface area (Å²) in [5.41, 5.74) is 6.03. The Morgan fingerprint density at radius 2 is 1.81 bits per heavy atom. The molecule has 0 saturated carbocycles. The smallest absolute Gasteiger partial charge is 0.423 e. The van der Waals surface area contributed by atoms with Crippen molar-refractivity contribution in [1.82, 2.24) is 15.0 Å². The van der Waals surface area contributed by atoms with E-state index in [1.165, 1.54) is 42.9 Å². The van der Waals surface area contributed by atoms with Gasteiger partial charge in [-0.2, -0.15) is 0 Å². The van der Waals surface area contributed by atoms with Crippen LogP contribution in [0.4, 0.5) is 25.0 Å². The molecule has 1 aromatic carbocycles. The minimum Gasteiger partial charge on any atom is -0.423 e. The first-order valence-corrected chi connectivity index (χ1v) is 7.05. The summed E-state index contributed by atoms with van der Waals surface area (Å²) >= 11 is 0. The van der Waals surface area contributed by atoms with E-state index in [0.29, 0.717) is 17.1 Å². The first-order chi connectivity index (χ1) is 12.3. The minimum atomic E-state index is -4.75. The van der Waals surface area contributed by atoms with Crippen molar-refractivity contribution >= 4 is 17.7 Å². The summed E-state index contributed by atoms with van der Waals surface area (Å²) in [7, 11) is 0. The number of alkyl halides is 3. The highest BCUT2D eigenvalue weighted by Gasteiger charge is 2.31. The van der Waals surface area contributed by atoms with Gasteiger partial charge in [0.1, 0.15) is 17.3 Å². The van der Waals surface area contributed by atoms with E-state index in [2.05, 4.69) is 25.0 Å². The van der Waals surface area contributed by atoms with Crippen molar-refractivity contribution in [2.24, 2.45) is 5.73 Å². The number of benzene rings is 1. The number of nitrogens with zero attached hydrogens (tertiary/aromatic N) is 3. The lowest BCUT2D eigenvalue weighted by atomic mass is 10.2. The average molecular weight is 364 g/mol. The third-order valence-electron chi connectivity index (χ3n) is 3.04. The number of anilines is 2. The van der Waals surface area contributed by atoms with E-state index < -0.39 is 6.36 Å². The van der Waals surface area contributed by atoms with Gasteiger partial charge in [0.05, 0.1) is 18.6 Å². The van der Waals surface area contributed by atoms with Crippen LogP contribution in [-0.4, -0.2) is 27.1 Å². The van der Waals surface area contributed by atoms with E-state index in [9.17, 15) is 13.2 Å². The highest BCUT2D eigenvalue weighted by molar-refractivity contribution is 5.92. The lowest BCUT2D eigenvalue weighted by Gasteiger charge is -2.08. The van der Waals surface area contributed by atoms with E-state index in [0.717, 1.165) is 0 Å². The van der Waals surface area contributed by atoms with E-state index in [4.69, 9.17) is 15.6 Å². The molecule has 8 nitrogen and oxygen atoms in total. The maximum absolute atomic E-state index is 12.2. The van der Waals surface area contributed by atoms with Gasteiger partial charge >= 0.3 is 12.4 Å². The molecule has 0 radical (unpaired) electrons. The summed E-state index contributed by atoms with van der Waals surface area (Å²) in [6, 6.07) is 5.27. The summed E-state index contributed by atoms with van der Waals surface area (Å²) < 4.78 is 45.7. The summed E-state index contributed by atoms with van der Waals surface area (Å²) in [6.07, 6.45) is -0.680. The van der Waals surface area contributed by atoms with Crippen LogP contribution in [0.2, 0.25) is 0 Å². The lowest BCUT2D eigenvalue weighted by molar-refractivity contribution is -0.274. The number of aromatic nitrogens is 3. The molecular formula is C15H11F3N6O2. The van der Waals surface area contributed by atoms with E-state index in [1.54, 1.807) is 0 Å². The Morgan fingerprint density at radius 1 is 1.08 bits per heavy atom. The molecule has 0 amide bonds. The molecule has 0 aliphatic rings. The van der Waals surface area contributed by atoms with Gasteiger partial charge in [-0.1, -0.05) is 0 Å². The van der Waals surface area contributed by atoms with Crippen molar-refractivity contribution in [3.63, 3.8) is 0 Å². The van der Waals surface area contributed by atoms with Gasteiger partial charge in [0.15, 0.2) is 11.6 Å². The first kappa shape index (κ1) is 17.2. The summed E-state index contributed by atoms with van der Waals surface area (Å²) in [5.74, 6) is 0.108. The number of hydrogen-bond acceptors (Lipinski definition) is 7. The molecule has 3 rings (SSSR count). The molecule has 0 aliphatic heterocycles. The standard InChI is InChI=1S/C15H11F3N6O2/c16-15(17,18)26-9-3-1-8(2-4-9)11-6-23-14(25-11)24-12-7-21-10(5-22-12)13(19)20/h1-7H,(H3,19,20)(H,22,23,24). The number of nitrogens with one attached hydrogen (secondary N) is 2. The van der Waals surface area contributed by atoms with Crippen molar-refractivity contribution in [2.45, 2.75) is 6.36 Å². The van der Waals surface area contributed by atoms with Gasteiger partial charge in [0.25, 0.3) is 0 Å². The predicted octanol–water partition coefficient (Wildman–Crippen LogP) is 3.06. The van der Waals surface area contributed by atoms with E-state index in [1.807, 2.05) is 0 Å². The van der Waals surface area contributed by atoms with Gasteiger partial charge in [-0.15, -0.1) is 13.2 Å². The molecule has 2 heterocycles. The Balaban J connectivity index is 1.70. The molecule has 26 heavy (non-hydrogen) atoms. The summed E-state index contributed by atoms with van der Waals surface area (Å²) in [4.78, 5) is 11.9. The predicted molar refractivity (Wildman–Crippen MR) is 85.0 cm³/mol. The SMILES string of the molecule is N=C(N)c1cnc(Nc2ncc(-c3ccc(OC(F)(F)F)cc3)o2)cn1. The fourth-order valence-corrected chi connectivity index (χ4v) is 1.93. The number of hydrogen-bond donors (Lipinski definition) is 3. The molecule has 0 bridgehead atoms. The third-order valence-corrected chi connectivity index (χ3v) is 3.04. The molecule has 4 N–H and O–H groups in total. The molecule has 0 fully saturated rings. The quantitative estimate of drug-likeness (QED) is 0.470. The zero-order valence-electron chi connectivity index (χ0n) is 12.9. The topological polar surface area (TPSA) is 123 Å². The third kappa shape index (κ3) is 4.26. The number of ether oxygens (including phenoxy) is 1. The van der Waals surface area contributed by atoms with Crippen LogP contribution in [0.1, 0.15) is 5.69 Å². The number of amidine groups is 1. The lowest BCUT2D eigenvalue weighted by Crippen LogP contribution is -2.16. The fourth-order valence-electron chi connectivity index (χ4n) is 1.93. The minimum absolute atomic E-state index is 0.112. The van der Waals surface area contributed by atoms with Crippen molar-refractivity contribution in [3.8, 4) is 17.1 Å². The maximum atomic E-state index is 12.2. The average Bonchev–Trinajstić information content (AvgIpc) is 3.03. The summed E-state index contributed by atoms with van der Waals surface area (Å²) in [5, 5.41) is 10.0. The molecule has 3 aromatic rings. The second-order valence-electron chi connectivity index (χ2n) is 4.93. The van der Waals surface area contributed by atoms with Gasteiger partial charge in [-0.25, -0.2) is 15.0 Å². The molecular weight excluding hydrogens is 353 g/mol. The second-order valence-corrected chi connectivity index (χ2v) is 4.93. The molecule has 2 aromatic heterocycles. The van der Waals surface area contributed by atoms with Crippen LogP contribution in [0.5, 0.6) is 5.75 Å². The van der Waals surface area contributed by atoms with Crippen LogP contribution in [-0.2, 0) is 0 Å². The molecule has 11 heteroatoms. The Hall–Kier alpha value is -3.63. The van der Waals surface area contributed by atoms with Crippen molar-refractivity contribution < 1.29 is 22.3 Å². The van der Waals surface area contributed by atoms with Crippen molar-refractivity contribution in [2.75, 3.05) is 5.32 Å². The first-order valence-electron chi connectivity index (χ1n) is 7.05. The van der Waals surface area contributed by atoms with Crippen LogP contribution in [0.25, 0.3) is 11.3 Å². The largest absolute Gasteiger partial charge is 0.573 e. The molecule has 0 atom stereocenters. The van der Waals surface area contributed by atoms with Gasteiger partial charge < -0.3 is 14.9 Å². The second kappa shape index (κ2) is 6.70. The number of nitrogens with two attached hydrogens (primary N) is 1. The van der Waals surface area contributed by atoms with Crippen LogP contribution in [0.3, 0.4) is 0 Å². The normalized spacial score (nSPS) is 11.2. The van der Waals surface area contributed by atoms with Crippen LogP contribution in [0.15, 0.2) is 47.3 Å². The van der Waals surface area contributed by atoms with Gasteiger partial charge in [0.2, 0.25) is 0 Å². The van der Waals surface area contributed by atoms with E-state index in [-0.39, 0.29) is 23.3 Å². The molecule has 0 unspecified atom stereocenters. The summed E-state index contributed by atoms with van der Waals surface area (Å²) in [6.45, 7) is 0. The van der Waals surface area contributed by atoms with Gasteiger partial charge in [-0.3, -0.25) is 10.7 Å².